The van der Waals surface area contributed by atoms with Crippen molar-refractivity contribution in [3.63, 3.8) is 0 Å². The summed E-state index contributed by atoms with van der Waals surface area (Å²) in [5, 5.41) is 15.4. The minimum atomic E-state index is -1.78. The number of hydrogen-bond donors (Lipinski definition) is 2. The number of benzene rings is 5. The van der Waals surface area contributed by atoms with Crippen molar-refractivity contribution < 1.29 is 85.5 Å². The van der Waals surface area contributed by atoms with Crippen LogP contribution in [-0.2, 0) is 87.3 Å². The Morgan fingerprint density at radius 3 is 1.73 bits per heavy atom. The molecule has 3 aliphatic heterocycles. The summed E-state index contributed by atoms with van der Waals surface area (Å²) in [6, 6.07) is 30.9. The molecule has 0 bridgehead atoms. The van der Waals surface area contributed by atoms with Gasteiger partial charge >= 0.3 is 24.0 Å². The number of aryl methyl sites for hydroxylation is 1. The number of nitrogens with one attached hydrogen (secondary N) is 2. The molecule has 2 fully saturated rings. The molecule has 5 aromatic carbocycles. The summed E-state index contributed by atoms with van der Waals surface area (Å²) >= 11 is 2.21. The van der Waals surface area contributed by atoms with Gasteiger partial charge in [0.2, 0.25) is 11.5 Å². The van der Waals surface area contributed by atoms with E-state index in [0.29, 0.717) is 91.9 Å². The number of thiazole rings is 1. The fourth-order valence-electron chi connectivity index (χ4n) is 11.5. The number of aromatic nitrogens is 3. The van der Waals surface area contributed by atoms with Crippen molar-refractivity contribution in [1.29, 1.82) is 0 Å². The van der Waals surface area contributed by atoms with Crippen molar-refractivity contribution in [3.05, 3.63) is 170 Å². The molecule has 2 aromatic heterocycles. The van der Waals surface area contributed by atoms with Gasteiger partial charge in [-0.1, -0.05) is 53.7 Å². The Labute approximate surface area is 592 Å². The lowest BCUT2D eigenvalue weighted by Gasteiger charge is -2.50. The van der Waals surface area contributed by atoms with Crippen LogP contribution in [0, 0.1) is 0 Å². The number of methoxy groups -OCH3 is 4. The van der Waals surface area contributed by atoms with Crippen LogP contribution in [0.5, 0.6) is 34.5 Å². The number of thioether (sulfide) groups is 1. The van der Waals surface area contributed by atoms with Gasteiger partial charge in [-0.3, -0.25) is 34.1 Å². The fraction of sp³-hybridized carbons (Fsp3) is 0.397. The number of fused-ring (bicyclic) bond motifs is 2. The van der Waals surface area contributed by atoms with E-state index in [9.17, 15) is 24.0 Å². The highest BCUT2D eigenvalue weighted by Gasteiger charge is 2.56. The van der Waals surface area contributed by atoms with Gasteiger partial charge in [0, 0.05) is 42.2 Å². The average molecular weight is 1420 g/mol. The molecule has 0 spiro atoms. The second-order valence-electron chi connectivity index (χ2n) is 26.2. The molecule has 3 aliphatic rings. The molecule has 2 N–H and O–H groups in total. The third-order valence-electron chi connectivity index (χ3n) is 16.5. The number of rotatable bonds is 29. The maximum atomic E-state index is 15.2. The number of carbonyl (C=O) groups is 6. The van der Waals surface area contributed by atoms with E-state index < -0.39 is 76.7 Å². The van der Waals surface area contributed by atoms with Crippen molar-refractivity contribution >= 4 is 80.7 Å². The van der Waals surface area contributed by atoms with Gasteiger partial charge in [0.1, 0.15) is 96.5 Å². The van der Waals surface area contributed by atoms with E-state index in [-0.39, 0.29) is 67.2 Å². The van der Waals surface area contributed by atoms with E-state index in [1.165, 1.54) is 29.2 Å². The zero-order valence-corrected chi connectivity index (χ0v) is 59.9. The number of hydrogen-bond acceptors (Lipinski definition) is 23. The molecular formula is C73H83N8O18S2+. The Balaban J connectivity index is 0.960. The summed E-state index contributed by atoms with van der Waals surface area (Å²) in [4.78, 5) is 112. The molecule has 0 aliphatic carbocycles. The molecule has 7 aromatic rings. The number of β-lactam (4-membered cyclic amide) rings is 1. The number of ether oxygens (including phenoxy) is 10. The lowest BCUT2D eigenvalue weighted by molar-refractivity contribution is -0.925. The van der Waals surface area contributed by atoms with Gasteiger partial charge in [0.05, 0.1) is 58.9 Å². The first kappa shape index (κ1) is 73.5. The highest BCUT2D eigenvalue weighted by atomic mass is 32.2. The van der Waals surface area contributed by atoms with Gasteiger partial charge in [0.15, 0.2) is 28.0 Å². The van der Waals surface area contributed by atoms with Crippen molar-refractivity contribution in [3.8, 4) is 34.5 Å². The van der Waals surface area contributed by atoms with E-state index in [4.69, 9.17) is 57.3 Å². The Hall–Kier alpha value is -10.2. The van der Waals surface area contributed by atoms with Crippen molar-refractivity contribution in [2.24, 2.45) is 5.16 Å². The number of nitrogens with zero attached hydrogens (tertiary/aromatic N) is 6. The van der Waals surface area contributed by atoms with Crippen LogP contribution < -0.4 is 44.5 Å². The smallest absolute Gasteiger partial charge is 0.413 e. The normalized spacial score (nSPS) is 16.0. The first-order chi connectivity index (χ1) is 48.3. The molecule has 3 atom stereocenters. The highest BCUT2D eigenvalue weighted by molar-refractivity contribution is 8.00. The van der Waals surface area contributed by atoms with E-state index in [2.05, 4.69) is 20.8 Å². The number of anilines is 1. The zero-order chi connectivity index (χ0) is 72.2. The summed E-state index contributed by atoms with van der Waals surface area (Å²) < 4.78 is 59.1. The molecule has 0 radical (unpaired) electrons. The van der Waals surface area contributed by atoms with Gasteiger partial charge in [0.25, 0.3) is 11.8 Å². The molecule has 2 saturated heterocycles. The van der Waals surface area contributed by atoms with E-state index in [0.717, 1.165) is 35.3 Å². The number of quaternary nitrogens is 1. The van der Waals surface area contributed by atoms with Crippen LogP contribution in [0.4, 0.5) is 9.93 Å². The van der Waals surface area contributed by atoms with Crippen molar-refractivity contribution in [2.45, 2.75) is 136 Å². The van der Waals surface area contributed by atoms with E-state index in [1.54, 1.807) is 128 Å². The maximum absolute atomic E-state index is 15.2. The molecule has 10 rings (SSSR count). The first-order valence-corrected chi connectivity index (χ1v) is 34.7. The summed E-state index contributed by atoms with van der Waals surface area (Å²) in [5.41, 5.74) is 1.45. The van der Waals surface area contributed by atoms with Crippen LogP contribution in [0.2, 0.25) is 0 Å². The minimum Gasteiger partial charge on any atom is -0.497 e. The lowest BCUT2D eigenvalue weighted by Crippen LogP contribution is -2.71. The predicted molar refractivity (Wildman–Crippen MR) is 376 cm³/mol. The molecule has 101 heavy (non-hydrogen) atoms. The maximum Gasteiger partial charge on any atom is 0.413 e. The van der Waals surface area contributed by atoms with Crippen LogP contribution in [0.15, 0.2) is 136 Å². The lowest BCUT2D eigenvalue weighted by atomic mass is 10.0. The Kier molecular flexibility index (Phi) is 23.6. The Morgan fingerprint density at radius 1 is 0.683 bits per heavy atom. The van der Waals surface area contributed by atoms with Crippen LogP contribution in [0.1, 0.15) is 101 Å². The number of oxime groups is 1. The minimum absolute atomic E-state index is 0.00635. The first-order valence-electron chi connectivity index (χ1n) is 32.8. The second kappa shape index (κ2) is 32.4. The monoisotopic (exact) mass is 1420 g/mol. The zero-order valence-electron chi connectivity index (χ0n) is 58.2. The SMILES string of the molecule is CCn1nc(C[N+]2(CC3=C(C(=O)OCc4ccc(OC)cc4)N4C(=O)[C@@H](NC(=O)/C(=N\O[C@@H](CC(=O)OC(C)(C)C)C(=O)OCc5ccc(OC)cc5)c5csc(NC(=O)OC(C)(C)C)n5)[C@H]4SC3)CCCC2)c(=O)c2cc(OCc3ccc(OC)cc3)c(OCc3ccc(OC)cc3)cc21. The third kappa shape index (κ3) is 18.8. The second-order valence-corrected chi connectivity index (χ2v) is 28.1. The number of amides is 3. The number of esters is 3. The number of carbonyl (C=O) groups excluding carboxylic acids is 6. The summed E-state index contributed by atoms with van der Waals surface area (Å²) in [5.74, 6) is -0.880. The molecule has 5 heterocycles. The fourth-order valence-corrected chi connectivity index (χ4v) is 13.6. The standard InChI is InChI=1S/C73H82N8O18S2/c1-12-79-56-34-58(94-39-45-17-25-50(90-9)26-18-45)57(93-38-44-15-23-49(89-8)24-16-44)33-53(56)64(83)54(77-79)37-81(31-13-14-32-81)36-48-42-100-67-62(66(85)80(67)63(48)69(87)96-41-47-21-29-52(92-11)30-22-47)75-65(84)61(55-43-101-70(74-55)76-71(88)98-73(5,6)7)78-99-59(35-60(82)97-72(2,3)4)68(86)95-40-46-19-27-51(91-10)28-20-46/h15-30,33-34,43,59,62,67H,12-14,31-32,35-42H2,1-11H3,(H-,74,75,76,84,88)/p+1/b78-61-/t59-,62+,67+/m0/s1. The van der Waals surface area contributed by atoms with Crippen molar-refractivity contribution in [1.82, 2.24) is 25.0 Å². The molecular weight excluding hydrogens is 1340 g/mol. The Morgan fingerprint density at radius 2 is 1.21 bits per heavy atom. The molecule has 0 saturated carbocycles. The van der Waals surface area contributed by atoms with E-state index >= 15 is 9.59 Å². The largest absolute Gasteiger partial charge is 0.497 e. The molecule has 28 heteroatoms. The van der Waals surface area contributed by atoms with Gasteiger partial charge in [-0.15, -0.1) is 23.1 Å². The third-order valence-corrected chi connectivity index (χ3v) is 18.6. The topological polar surface area (TPSA) is 291 Å². The molecule has 3 amide bonds. The van der Waals surface area contributed by atoms with Crippen LogP contribution >= 0.6 is 23.1 Å². The van der Waals surface area contributed by atoms with Crippen molar-refractivity contribution in [2.75, 3.05) is 59.1 Å². The quantitative estimate of drug-likeness (QED) is 0.0110. The van der Waals surface area contributed by atoms with Crippen LogP contribution in [0.3, 0.4) is 0 Å². The summed E-state index contributed by atoms with van der Waals surface area (Å²) in [7, 11) is 6.25. The van der Waals surface area contributed by atoms with Gasteiger partial charge in [-0.25, -0.2) is 19.4 Å². The average Bonchev–Trinajstić information content (AvgIpc) is 1.27. The van der Waals surface area contributed by atoms with Crippen LogP contribution in [-0.4, -0.2) is 148 Å². The van der Waals surface area contributed by atoms with Gasteiger partial charge in [-0.05, 0) is 125 Å². The summed E-state index contributed by atoms with van der Waals surface area (Å²) in [6.07, 6.45) is -1.75. The summed E-state index contributed by atoms with van der Waals surface area (Å²) in [6.45, 7) is 13.8. The predicted octanol–water partition coefficient (Wildman–Crippen LogP) is 10.2. The highest BCUT2D eigenvalue weighted by Crippen LogP contribution is 2.43. The molecule has 0 unspecified atom stereocenters. The van der Waals surface area contributed by atoms with Crippen LogP contribution in [0.25, 0.3) is 10.9 Å². The van der Waals surface area contributed by atoms with Gasteiger partial charge < -0.3 is 62.0 Å². The molecule has 26 nitrogen and oxygen atoms in total. The van der Waals surface area contributed by atoms with Gasteiger partial charge in [-0.2, -0.15) is 5.10 Å². The van der Waals surface area contributed by atoms with E-state index in [1.807, 2.05) is 55.5 Å². The number of likely N-dealkylation sites (tertiary alicyclic amines) is 1. The molecule has 534 valence electrons. The Bertz CT molecular complexity index is 4270.